The molecule has 0 aliphatic rings. The Balaban J connectivity index is 2.36. The summed E-state index contributed by atoms with van der Waals surface area (Å²) in [5.41, 5.74) is 3.62. The van der Waals surface area contributed by atoms with Gasteiger partial charge in [-0.15, -0.1) is 0 Å². The number of carbonyl (C=O) groups is 2. The molecular formula is C21H25FN2O3. The molecule has 6 heteroatoms. The van der Waals surface area contributed by atoms with E-state index in [4.69, 9.17) is 4.74 Å². The summed E-state index contributed by atoms with van der Waals surface area (Å²) in [6.45, 7) is 8.75. The number of carbonyl (C=O) groups excluding carboxylic acids is 2. The molecule has 5 nitrogen and oxygen atoms in total. The average molecular weight is 372 g/mol. The molecule has 144 valence electrons. The van der Waals surface area contributed by atoms with E-state index in [0.29, 0.717) is 22.4 Å². The summed E-state index contributed by atoms with van der Waals surface area (Å²) < 4.78 is 19.1. The third-order valence-corrected chi connectivity index (χ3v) is 4.25. The van der Waals surface area contributed by atoms with E-state index in [-0.39, 0.29) is 5.56 Å². The fourth-order valence-corrected chi connectivity index (χ4v) is 2.62. The molecule has 0 aliphatic heterocycles. The molecule has 0 saturated heterocycles. The zero-order valence-corrected chi connectivity index (χ0v) is 16.5. The van der Waals surface area contributed by atoms with E-state index in [2.05, 4.69) is 5.43 Å². The highest BCUT2D eigenvalue weighted by Gasteiger charge is 2.30. The van der Waals surface area contributed by atoms with E-state index in [1.54, 1.807) is 58.9 Å². The van der Waals surface area contributed by atoms with Crippen LogP contribution in [0.5, 0.6) is 5.75 Å². The van der Waals surface area contributed by atoms with E-state index >= 15 is 0 Å². The van der Waals surface area contributed by atoms with Gasteiger partial charge in [0.1, 0.15) is 11.6 Å². The lowest BCUT2D eigenvalue weighted by Crippen LogP contribution is -2.56. The Morgan fingerprint density at radius 3 is 2.33 bits per heavy atom. The smallest absolute Gasteiger partial charge is 0.272 e. The molecule has 1 N–H and O–H groups in total. The topological polar surface area (TPSA) is 58.6 Å². The van der Waals surface area contributed by atoms with Crippen LogP contribution in [0.15, 0.2) is 36.4 Å². The van der Waals surface area contributed by atoms with Gasteiger partial charge < -0.3 is 4.74 Å². The summed E-state index contributed by atoms with van der Waals surface area (Å²) in [4.78, 5) is 25.8. The van der Waals surface area contributed by atoms with Crippen molar-refractivity contribution in [1.29, 1.82) is 0 Å². The van der Waals surface area contributed by atoms with Gasteiger partial charge in [-0.1, -0.05) is 12.1 Å². The van der Waals surface area contributed by atoms with Crippen LogP contribution in [0.4, 0.5) is 4.39 Å². The Morgan fingerprint density at radius 1 is 1.11 bits per heavy atom. The number of halogens is 1. The molecule has 0 aliphatic carbocycles. The van der Waals surface area contributed by atoms with Gasteiger partial charge in [-0.2, -0.15) is 0 Å². The molecule has 0 spiro atoms. The Kier molecular flexibility index (Phi) is 5.88. The number of hydrogen-bond acceptors (Lipinski definition) is 3. The molecule has 2 amide bonds. The van der Waals surface area contributed by atoms with Crippen molar-refractivity contribution in [1.82, 2.24) is 10.4 Å². The number of hydrazine groups is 1. The normalized spacial score (nSPS) is 11.1. The fourth-order valence-electron chi connectivity index (χ4n) is 2.62. The van der Waals surface area contributed by atoms with Gasteiger partial charge in [-0.05, 0) is 64.4 Å². The van der Waals surface area contributed by atoms with Crippen LogP contribution in [0.2, 0.25) is 0 Å². The van der Waals surface area contributed by atoms with Crippen LogP contribution < -0.4 is 10.2 Å². The largest absolute Gasteiger partial charge is 0.496 e. The Morgan fingerprint density at radius 2 is 1.78 bits per heavy atom. The van der Waals surface area contributed by atoms with E-state index < -0.39 is 23.2 Å². The minimum Gasteiger partial charge on any atom is -0.496 e. The van der Waals surface area contributed by atoms with E-state index in [1.165, 1.54) is 24.3 Å². The number of nitrogens with one attached hydrogen (secondary N) is 1. The van der Waals surface area contributed by atoms with E-state index in [1.807, 2.05) is 0 Å². The van der Waals surface area contributed by atoms with Crippen LogP contribution in [-0.2, 0) is 0 Å². The first-order valence-corrected chi connectivity index (χ1v) is 8.61. The first kappa shape index (κ1) is 20.4. The van der Waals surface area contributed by atoms with Crippen LogP contribution in [0.1, 0.15) is 52.6 Å². The van der Waals surface area contributed by atoms with Crippen molar-refractivity contribution in [2.75, 3.05) is 7.11 Å². The molecule has 0 fully saturated rings. The number of aryl methyl sites for hydroxylation is 1. The molecule has 0 heterocycles. The van der Waals surface area contributed by atoms with Gasteiger partial charge in [-0.25, -0.2) is 9.40 Å². The predicted octanol–water partition coefficient (Wildman–Crippen LogP) is 4.04. The Hall–Kier alpha value is -2.89. The van der Waals surface area contributed by atoms with E-state index in [9.17, 15) is 14.0 Å². The molecular weight excluding hydrogens is 347 g/mol. The molecule has 0 aromatic heterocycles. The van der Waals surface area contributed by atoms with Crippen LogP contribution in [0.25, 0.3) is 0 Å². The standard InChI is InChI=1S/C21H25FN2O3/c1-13-10-11-15(12-17(13)22)20(26)24(21(3,4)5)23-19(25)16-8-7-9-18(27-6)14(16)2/h7-12H,1-6H3,(H,23,25). The van der Waals surface area contributed by atoms with Crippen molar-refractivity contribution in [2.45, 2.75) is 40.2 Å². The minimum absolute atomic E-state index is 0.163. The summed E-state index contributed by atoms with van der Waals surface area (Å²) >= 11 is 0. The number of hydrogen-bond donors (Lipinski definition) is 1. The molecule has 2 aromatic carbocycles. The summed E-state index contributed by atoms with van der Waals surface area (Å²) in [6, 6.07) is 9.39. The highest BCUT2D eigenvalue weighted by molar-refractivity contribution is 6.00. The molecule has 2 rings (SSSR count). The maximum atomic E-state index is 13.9. The zero-order valence-electron chi connectivity index (χ0n) is 16.5. The predicted molar refractivity (Wildman–Crippen MR) is 102 cm³/mol. The Labute approximate surface area is 159 Å². The molecule has 0 unspecified atom stereocenters. The molecule has 0 bridgehead atoms. The van der Waals surface area contributed by atoms with Crippen LogP contribution >= 0.6 is 0 Å². The lowest BCUT2D eigenvalue weighted by molar-refractivity contribution is 0.0358. The van der Waals surface area contributed by atoms with Crippen molar-refractivity contribution < 1.29 is 18.7 Å². The lowest BCUT2D eigenvalue weighted by atomic mass is 10.0. The maximum Gasteiger partial charge on any atom is 0.272 e. The first-order chi connectivity index (χ1) is 12.6. The number of rotatable bonds is 3. The summed E-state index contributed by atoms with van der Waals surface area (Å²) in [7, 11) is 1.53. The van der Waals surface area contributed by atoms with Gasteiger partial charge >= 0.3 is 0 Å². The minimum atomic E-state index is -0.721. The van der Waals surface area contributed by atoms with E-state index in [0.717, 1.165) is 0 Å². The van der Waals surface area contributed by atoms with Gasteiger partial charge in [0, 0.05) is 16.7 Å². The molecule has 0 radical (unpaired) electrons. The van der Waals surface area contributed by atoms with Gasteiger partial charge in [-0.3, -0.25) is 15.0 Å². The van der Waals surface area contributed by atoms with Crippen LogP contribution in [0.3, 0.4) is 0 Å². The van der Waals surface area contributed by atoms with Gasteiger partial charge in [0.05, 0.1) is 12.6 Å². The number of benzene rings is 2. The number of nitrogens with zero attached hydrogens (tertiary/aromatic N) is 1. The summed E-state index contributed by atoms with van der Waals surface area (Å²) in [5, 5.41) is 1.22. The fraction of sp³-hybridized carbons (Fsp3) is 0.333. The third kappa shape index (κ3) is 4.45. The van der Waals surface area contributed by atoms with Gasteiger partial charge in [0.25, 0.3) is 11.8 Å². The third-order valence-electron chi connectivity index (χ3n) is 4.25. The average Bonchev–Trinajstić information content (AvgIpc) is 2.60. The van der Waals surface area contributed by atoms with Gasteiger partial charge in [0.2, 0.25) is 0 Å². The monoisotopic (exact) mass is 372 g/mol. The Bertz CT molecular complexity index is 872. The maximum absolute atomic E-state index is 13.9. The van der Waals surface area contributed by atoms with Crippen molar-refractivity contribution in [3.63, 3.8) is 0 Å². The highest BCUT2D eigenvalue weighted by atomic mass is 19.1. The second kappa shape index (κ2) is 7.78. The van der Waals surface area contributed by atoms with Crippen molar-refractivity contribution >= 4 is 11.8 Å². The number of methoxy groups -OCH3 is 1. The second-order valence-electron chi connectivity index (χ2n) is 7.35. The van der Waals surface area contributed by atoms with Gasteiger partial charge in [0.15, 0.2) is 0 Å². The molecule has 2 aromatic rings. The molecule has 27 heavy (non-hydrogen) atoms. The second-order valence-corrected chi connectivity index (χ2v) is 7.35. The van der Waals surface area contributed by atoms with Crippen molar-refractivity contribution in [2.24, 2.45) is 0 Å². The van der Waals surface area contributed by atoms with Crippen LogP contribution in [0, 0.1) is 19.7 Å². The van der Waals surface area contributed by atoms with Crippen molar-refractivity contribution in [3.8, 4) is 5.75 Å². The number of ether oxygens (including phenoxy) is 1. The van der Waals surface area contributed by atoms with Crippen molar-refractivity contribution in [3.05, 3.63) is 64.5 Å². The molecule has 0 atom stereocenters. The lowest BCUT2D eigenvalue weighted by Gasteiger charge is -2.35. The SMILES string of the molecule is COc1cccc(C(=O)NN(C(=O)c2ccc(C)c(F)c2)C(C)(C)C)c1C. The first-order valence-electron chi connectivity index (χ1n) is 8.61. The summed E-state index contributed by atoms with van der Waals surface area (Å²) in [6.07, 6.45) is 0. The summed E-state index contributed by atoms with van der Waals surface area (Å²) in [5.74, 6) is -0.820. The quantitative estimate of drug-likeness (QED) is 0.828. The number of amides is 2. The zero-order chi connectivity index (χ0) is 20.4. The van der Waals surface area contributed by atoms with Crippen LogP contribution in [-0.4, -0.2) is 29.5 Å². The highest BCUT2D eigenvalue weighted by Crippen LogP contribution is 2.22. The molecule has 0 saturated carbocycles.